The van der Waals surface area contributed by atoms with Crippen LogP contribution in [0.4, 0.5) is 0 Å². The minimum Gasteiger partial charge on any atom is -0.395 e. The maximum absolute atomic E-state index is 8.15. The fraction of sp³-hybridized carbons (Fsp3) is 1.00. The molecule has 0 aliphatic rings. The molecule has 0 aromatic heterocycles. The first-order valence-electron chi connectivity index (χ1n) is 8.75. The van der Waals surface area contributed by atoms with E-state index in [0.29, 0.717) is 45.8 Å². The van der Waals surface area contributed by atoms with E-state index in [2.05, 4.69) is 16.0 Å². The molecule has 1 unspecified atom stereocenters. The molecular formula is C15H43N5O6. The van der Waals surface area contributed by atoms with Crippen LogP contribution in [-0.2, 0) is 0 Å². The van der Waals surface area contributed by atoms with E-state index in [-0.39, 0.29) is 45.7 Å². The Kier molecular flexibility index (Phi) is 50.5. The van der Waals surface area contributed by atoms with E-state index in [1.807, 2.05) is 6.92 Å². The summed E-state index contributed by atoms with van der Waals surface area (Å²) >= 11 is 0. The molecule has 0 aliphatic heterocycles. The Labute approximate surface area is 157 Å². The maximum atomic E-state index is 8.15. The number of hydrogen-bond donors (Lipinski definition) is 11. The fourth-order valence-electron chi connectivity index (χ4n) is 0.849. The average molecular weight is 390 g/mol. The van der Waals surface area contributed by atoms with Gasteiger partial charge in [0.05, 0.1) is 39.6 Å². The van der Waals surface area contributed by atoms with Gasteiger partial charge in [-0.1, -0.05) is 0 Å². The lowest BCUT2D eigenvalue weighted by Gasteiger charge is -1.94. The second-order valence-corrected chi connectivity index (χ2v) is 4.80. The first-order chi connectivity index (χ1) is 12.5. The van der Waals surface area contributed by atoms with E-state index >= 15 is 0 Å². The van der Waals surface area contributed by atoms with Gasteiger partial charge in [-0.15, -0.1) is 0 Å². The molecule has 26 heavy (non-hydrogen) atoms. The lowest BCUT2D eigenvalue weighted by Crippen LogP contribution is -2.25. The van der Waals surface area contributed by atoms with Crippen LogP contribution in [0.15, 0.2) is 0 Å². The monoisotopic (exact) mass is 389 g/mol. The number of rotatable bonds is 13. The summed E-state index contributed by atoms with van der Waals surface area (Å²) in [6, 6.07) is 0.162. The quantitative estimate of drug-likeness (QED) is 0.134. The molecule has 0 spiro atoms. The molecule has 0 aromatic carbocycles. The van der Waals surface area contributed by atoms with Crippen LogP contribution in [0.3, 0.4) is 0 Å². The Hall–Kier alpha value is -0.440. The van der Waals surface area contributed by atoms with Crippen molar-refractivity contribution in [3.63, 3.8) is 0 Å². The van der Waals surface area contributed by atoms with Crippen molar-refractivity contribution in [2.24, 2.45) is 11.5 Å². The van der Waals surface area contributed by atoms with Crippen LogP contribution >= 0.6 is 0 Å². The van der Waals surface area contributed by atoms with Crippen molar-refractivity contribution in [2.45, 2.75) is 13.0 Å². The van der Waals surface area contributed by atoms with Crippen molar-refractivity contribution in [3.05, 3.63) is 0 Å². The highest BCUT2D eigenvalue weighted by Gasteiger charge is 1.80. The third kappa shape index (κ3) is 65.2. The molecule has 1 atom stereocenters. The summed E-state index contributed by atoms with van der Waals surface area (Å²) in [4.78, 5) is 0. The SMILES string of the molecule is CC(N)CN.OCCNCCO.OCCNCCO.OCCNCCO. The molecular weight excluding hydrogens is 346 g/mol. The van der Waals surface area contributed by atoms with Crippen LogP contribution in [0.5, 0.6) is 0 Å². The molecule has 11 nitrogen and oxygen atoms in total. The van der Waals surface area contributed by atoms with Crippen molar-refractivity contribution < 1.29 is 30.6 Å². The summed E-state index contributed by atoms with van der Waals surface area (Å²) in [7, 11) is 0. The van der Waals surface area contributed by atoms with Gasteiger partial charge < -0.3 is 58.1 Å². The van der Waals surface area contributed by atoms with Crippen LogP contribution in [0.1, 0.15) is 6.92 Å². The summed E-state index contributed by atoms with van der Waals surface area (Å²) in [6.07, 6.45) is 0. The molecule has 0 saturated heterocycles. The van der Waals surface area contributed by atoms with Crippen molar-refractivity contribution in [3.8, 4) is 0 Å². The second-order valence-electron chi connectivity index (χ2n) is 4.80. The Bertz CT molecular complexity index is 160. The molecule has 0 amide bonds. The van der Waals surface area contributed by atoms with Crippen molar-refractivity contribution in [2.75, 3.05) is 85.5 Å². The van der Waals surface area contributed by atoms with E-state index in [4.69, 9.17) is 42.1 Å². The second kappa shape index (κ2) is 39.6. The molecule has 13 N–H and O–H groups in total. The summed E-state index contributed by atoms with van der Waals surface area (Å²) in [5.74, 6) is 0. The highest BCUT2D eigenvalue weighted by Crippen LogP contribution is 1.59. The Morgan fingerprint density at radius 1 is 0.577 bits per heavy atom. The summed E-state index contributed by atoms with van der Waals surface area (Å²) in [6.45, 7) is 6.71. The van der Waals surface area contributed by atoms with Crippen LogP contribution in [-0.4, -0.2) is 122 Å². The van der Waals surface area contributed by atoms with E-state index in [1.165, 1.54) is 0 Å². The standard InChI is InChI=1S/3C4H11NO2.C3H10N2/c3*6-3-1-5-2-4-7;1-3(5)2-4/h3*5-7H,1-4H2;3H,2,4-5H2,1H3. The number of aliphatic hydroxyl groups excluding tert-OH is 6. The third-order valence-electron chi connectivity index (χ3n) is 2.10. The number of nitrogens with two attached hydrogens (primary N) is 2. The van der Waals surface area contributed by atoms with Gasteiger partial charge in [0.2, 0.25) is 0 Å². The minimum absolute atomic E-state index is 0.139. The van der Waals surface area contributed by atoms with E-state index < -0.39 is 0 Å². The zero-order valence-electron chi connectivity index (χ0n) is 16.1. The van der Waals surface area contributed by atoms with Crippen molar-refractivity contribution >= 4 is 0 Å². The van der Waals surface area contributed by atoms with Gasteiger partial charge in [-0.25, -0.2) is 0 Å². The summed E-state index contributed by atoms with van der Waals surface area (Å²) < 4.78 is 0. The Morgan fingerprint density at radius 3 is 0.808 bits per heavy atom. The lowest BCUT2D eigenvalue weighted by atomic mass is 10.4. The number of nitrogens with one attached hydrogen (secondary N) is 3. The normalized spacial score (nSPS) is 10.5. The molecule has 11 heteroatoms. The molecule has 0 rings (SSSR count). The van der Waals surface area contributed by atoms with Gasteiger partial charge in [0.15, 0.2) is 0 Å². The van der Waals surface area contributed by atoms with E-state index in [0.717, 1.165) is 0 Å². The molecule has 164 valence electrons. The molecule has 0 radical (unpaired) electrons. The third-order valence-corrected chi connectivity index (χ3v) is 2.10. The van der Waals surface area contributed by atoms with E-state index in [9.17, 15) is 0 Å². The Balaban J connectivity index is -0.000000125. The maximum Gasteiger partial charge on any atom is 0.0555 e. The van der Waals surface area contributed by atoms with Crippen molar-refractivity contribution in [1.29, 1.82) is 0 Å². The average Bonchev–Trinajstić information content (AvgIpc) is 2.65. The largest absolute Gasteiger partial charge is 0.395 e. The van der Waals surface area contributed by atoms with Gasteiger partial charge in [0.1, 0.15) is 0 Å². The van der Waals surface area contributed by atoms with Crippen LogP contribution in [0, 0.1) is 0 Å². The summed E-state index contributed by atoms with van der Waals surface area (Å²) in [5.41, 5.74) is 10.2. The lowest BCUT2D eigenvalue weighted by molar-refractivity contribution is 0.266. The minimum atomic E-state index is 0.139. The topological polar surface area (TPSA) is 210 Å². The molecule has 0 bridgehead atoms. The number of aliphatic hydroxyl groups is 6. The Morgan fingerprint density at radius 2 is 0.731 bits per heavy atom. The predicted molar refractivity (Wildman–Crippen MR) is 104 cm³/mol. The van der Waals surface area contributed by atoms with Gasteiger partial charge in [0, 0.05) is 51.9 Å². The van der Waals surface area contributed by atoms with Gasteiger partial charge >= 0.3 is 0 Å². The van der Waals surface area contributed by atoms with Gasteiger partial charge in [-0.3, -0.25) is 0 Å². The fourth-order valence-corrected chi connectivity index (χ4v) is 0.849. The van der Waals surface area contributed by atoms with Gasteiger partial charge in [-0.05, 0) is 6.92 Å². The predicted octanol–water partition coefficient (Wildman–Crippen LogP) is -5.03. The molecule has 0 saturated carbocycles. The first kappa shape index (κ1) is 33.2. The first-order valence-corrected chi connectivity index (χ1v) is 8.75. The van der Waals surface area contributed by atoms with E-state index in [1.54, 1.807) is 0 Å². The molecule has 0 aromatic rings. The zero-order valence-corrected chi connectivity index (χ0v) is 16.1. The highest BCUT2D eigenvalue weighted by atomic mass is 16.3. The van der Waals surface area contributed by atoms with Gasteiger partial charge in [-0.2, -0.15) is 0 Å². The van der Waals surface area contributed by atoms with Gasteiger partial charge in [0.25, 0.3) is 0 Å². The smallest absolute Gasteiger partial charge is 0.0555 e. The van der Waals surface area contributed by atoms with Crippen LogP contribution in [0.2, 0.25) is 0 Å². The molecule has 0 aliphatic carbocycles. The number of hydrogen-bond acceptors (Lipinski definition) is 11. The van der Waals surface area contributed by atoms with Crippen LogP contribution in [0.25, 0.3) is 0 Å². The van der Waals surface area contributed by atoms with Crippen LogP contribution < -0.4 is 27.4 Å². The summed E-state index contributed by atoms with van der Waals surface area (Å²) in [5, 5.41) is 57.2. The van der Waals surface area contributed by atoms with Crippen molar-refractivity contribution in [1.82, 2.24) is 16.0 Å². The highest BCUT2D eigenvalue weighted by molar-refractivity contribution is 4.48. The molecule has 0 heterocycles. The molecule has 0 fully saturated rings. The zero-order chi connectivity index (χ0) is 20.9.